The van der Waals surface area contributed by atoms with Crippen molar-refractivity contribution in [2.75, 3.05) is 6.54 Å². The summed E-state index contributed by atoms with van der Waals surface area (Å²) in [4.78, 5) is 18.2. The fourth-order valence-corrected chi connectivity index (χ4v) is 1.83. The Balaban J connectivity index is 2.82. The minimum absolute atomic E-state index is 0.0491. The first-order valence-electron chi connectivity index (χ1n) is 6.30. The summed E-state index contributed by atoms with van der Waals surface area (Å²) >= 11 is 0. The van der Waals surface area contributed by atoms with Gasteiger partial charge in [0.15, 0.2) is 5.84 Å². The maximum Gasteiger partial charge on any atom is 0.233 e. The number of oxime groups is 1. The van der Waals surface area contributed by atoms with Crippen LogP contribution in [0.5, 0.6) is 0 Å². The molecule has 0 bridgehead atoms. The molecular weight excluding hydrogens is 244 g/mol. The molecule has 1 aromatic heterocycles. The summed E-state index contributed by atoms with van der Waals surface area (Å²) in [5.41, 5.74) is 6.36. The van der Waals surface area contributed by atoms with Crippen molar-refractivity contribution in [2.45, 2.75) is 26.8 Å². The molecule has 3 N–H and O–H groups in total. The highest BCUT2D eigenvalue weighted by Crippen LogP contribution is 2.11. The van der Waals surface area contributed by atoms with Crippen molar-refractivity contribution in [3.8, 4) is 0 Å². The molecule has 1 atom stereocenters. The molecule has 1 heterocycles. The monoisotopic (exact) mass is 264 g/mol. The first kappa shape index (κ1) is 14.9. The highest BCUT2D eigenvalue weighted by Gasteiger charge is 2.25. The van der Waals surface area contributed by atoms with Gasteiger partial charge < -0.3 is 15.8 Å². The predicted molar refractivity (Wildman–Crippen MR) is 72.5 cm³/mol. The van der Waals surface area contributed by atoms with E-state index in [9.17, 15) is 4.79 Å². The minimum Gasteiger partial charge on any atom is -0.409 e. The van der Waals surface area contributed by atoms with Crippen molar-refractivity contribution < 1.29 is 10.0 Å². The zero-order valence-electron chi connectivity index (χ0n) is 11.3. The fraction of sp³-hybridized carbons (Fsp3) is 0.462. The van der Waals surface area contributed by atoms with Gasteiger partial charge in [-0.1, -0.05) is 18.1 Å². The van der Waals surface area contributed by atoms with E-state index in [-0.39, 0.29) is 11.7 Å². The van der Waals surface area contributed by atoms with E-state index in [4.69, 9.17) is 10.9 Å². The van der Waals surface area contributed by atoms with Crippen LogP contribution >= 0.6 is 0 Å². The second-order valence-electron chi connectivity index (χ2n) is 4.16. The minimum atomic E-state index is -0.589. The summed E-state index contributed by atoms with van der Waals surface area (Å²) in [5, 5.41) is 11.6. The molecule has 0 radical (unpaired) electrons. The lowest BCUT2D eigenvalue weighted by Gasteiger charge is -2.24. The van der Waals surface area contributed by atoms with Gasteiger partial charge in [-0.15, -0.1) is 0 Å². The molecule has 1 rings (SSSR count). The topological polar surface area (TPSA) is 91.8 Å². The Morgan fingerprint density at radius 3 is 2.74 bits per heavy atom. The van der Waals surface area contributed by atoms with Crippen LogP contribution in [0.25, 0.3) is 0 Å². The molecule has 1 amide bonds. The molecule has 0 fully saturated rings. The Kier molecular flexibility index (Phi) is 5.78. The Hall–Kier alpha value is -2.11. The van der Waals surface area contributed by atoms with Gasteiger partial charge in [0.25, 0.3) is 0 Å². The maximum absolute atomic E-state index is 12.3. The van der Waals surface area contributed by atoms with E-state index < -0.39 is 5.92 Å². The third kappa shape index (κ3) is 3.94. The number of pyridine rings is 1. The lowest BCUT2D eigenvalue weighted by Crippen LogP contribution is -2.41. The number of carbonyl (C=O) groups is 1. The average molecular weight is 264 g/mol. The van der Waals surface area contributed by atoms with Crippen molar-refractivity contribution in [1.82, 2.24) is 9.88 Å². The lowest BCUT2D eigenvalue weighted by atomic mass is 10.0. The van der Waals surface area contributed by atoms with Gasteiger partial charge in [0, 0.05) is 12.7 Å². The van der Waals surface area contributed by atoms with Gasteiger partial charge in [-0.2, -0.15) is 0 Å². The van der Waals surface area contributed by atoms with Crippen molar-refractivity contribution in [1.29, 1.82) is 0 Å². The molecule has 104 valence electrons. The molecule has 1 unspecified atom stereocenters. The predicted octanol–water partition coefficient (Wildman–Crippen LogP) is 1.20. The first-order valence-corrected chi connectivity index (χ1v) is 6.30. The normalized spacial score (nSPS) is 13.1. The molecule has 6 heteroatoms. The number of carbonyl (C=O) groups excluding carboxylic acids is 1. The van der Waals surface area contributed by atoms with Crippen molar-refractivity contribution in [3.63, 3.8) is 0 Å². The second kappa shape index (κ2) is 7.35. The molecular formula is C13H20N4O2. The van der Waals surface area contributed by atoms with Crippen LogP contribution in [0.1, 0.15) is 26.0 Å². The van der Waals surface area contributed by atoms with Crippen LogP contribution in [-0.2, 0) is 11.3 Å². The molecule has 0 saturated carbocycles. The van der Waals surface area contributed by atoms with Gasteiger partial charge in [0.2, 0.25) is 5.91 Å². The van der Waals surface area contributed by atoms with E-state index in [1.807, 2.05) is 32.0 Å². The molecule has 0 aliphatic carbocycles. The fourth-order valence-electron chi connectivity index (χ4n) is 1.83. The van der Waals surface area contributed by atoms with Gasteiger partial charge in [-0.05, 0) is 25.5 Å². The highest BCUT2D eigenvalue weighted by atomic mass is 16.4. The largest absolute Gasteiger partial charge is 0.409 e. The molecule has 19 heavy (non-hydrogen) atoms. The summed E-state index contributed by atoms with van der Waals surface area (Å²) in [6.07, 6.45) is 2.18. The summed E-state index contributed by atoms with van der Waals surface area (Å²) in [7, 11) is 0. The van der Waals surface area contributed by atoms with Crippen LogP contribution in [0.4, 0.5) is 0 Å². The Labute approximate surface area is 112 Å². The van der Waals surface area contributed by atoms with Gasteiger partial charge in [-0.3, -0.25) is 9.78 Å². The van der Waals surface area contributed by atoms with Crippen LogP contribution in [-0.4, -0.2) is 33.4 Å². The average Bonchev–Trinajstić information content (AvgIpc) is 2.46. The van der Waals surface area contributed by atoms with E-state index in [1.54, 1.807) is 11.1 Å². The number of hydrogen-bond donors (Lipinski definition) is 2. The SMILES string of the molecule is CCC(C(=O)N(CC)Cc1ccccn1)C(N)=NO. The third-order valence-corrected chi connectivity index (χ3v) is 2.95. The van der Waals surface area contributed by atoms with Crippen LogP contribution in [0.3, 0.4) is 0 Å². The van der Waals surface area contributed by atoms with Gasteiger partial charge in [-0.25, -0.2) is 0 Å². The van der Waals surface area contributed by atoms with Crippen LogP contribution in [0.15, 0.2) is 29.6 Å². The summed E-state index contributed by atoms with van der Waals surface area (Å²) < 4.78 is 0. The Morgan fingerprint density at radius 2 is 2.26 bits per heavy atom. The smallest absolute Gasteiger partial charge is 0.233 e. The summed E-state index contributed by atoms with van der Waals surface area (Å²) in [6.45, 7) is 4.69. The first-order chi connectivity index (χ1) is 9.13. The molecule has 1 aromatic rings. The number of amidine groups is 1. The van der Waals surface area contributed by atoms with Crippen molar-refractivity contribution >= 4 is 11.7 Å². The molecule has 0 aliphatic heterocycles. The summed E-state index contributed by atoms with van der Waals surface area (Å²) in [5.74, 6) is -0.786. The van der Waals surface area contributed by atoms with E-state index in [0.29, 0.717) is 19.5 Å². The maximum atomic E-state index is 12.3. The quantitative estimate of drug-likeness (QED) is 0.349. The van der Waals surface area contributed by atoms with E-state index in [0.717, 1.165) is 5.69 Å². The number of nitrogens with zero attached hydrogens (tertiary/aromatic N) is 3. The van der Waals surface area contributed by atoms with E-state index >= 15 is 0 Å². The van der Waals surface area contributed by atoms with Gasteiger partial charge in [0.05, 0.1) is 18.2 Å². The molecule has 0 aliphatic rings. The van der Waals surface area contributed by atoms with Crippen LogP contribution < -0.4 is 5.73 Å². The van der Waals surface area contributed by atoms with E-state index in [1.165, 1.54) is 0 Å². The lowest BCUT2D eigenvalue weighted by molar-refractivity contribution is -0.134. The molecule has 6 nitrogen and oxygen atoms in total. The van der Waals surface area contributed by atoms with Gasteiger partial charge >= 0.3 is 0 Å². The number of nitrogens with two attached hydrogens (primary N) is 1. The Morgan fingerprint density at radius 1 is 1.53 bits per heavy atom. The summed E-state index contributed by atoms with van der Waals surface area (Å²) in [6, 6.07) is 5.56. The van der Waals surface area contributed by atoms with Gasteiger partial charge in [0.1, 0.15) is 0 Å². The van der Waals surface area contributed by atoms with Crippen LogP contribution in [0.2, 0.25) is 0 Å². The van der Waals surface area contributed by atoms with Crippen molar-refractivity contribution in [3.05, 3.63) is 30.1 Å². The zero-order chi connectivity index (χ0) is 14.3. The second-order valence-corrected chi connectivity index (χ2v) is 4.16. The highest BCUT2D eigenvalue weighted by molar-refractivity contribution is 6.01. The van der Waals surface area contributed by atoms with E-state index in [2.05, 4.69) is 10.1 Å². The van der Waals surface area contributed by atoms with Crippen molar-refractivity contribution in [2.24, 2.45) is 16.8 Å². The number of rotatable bonds is 6. The molecule has 0 aromatic carbocycles. The number of hydrogen-bond acceptors (Lipinski definition) is 4. The number of amides is 1. The third-order valence-electron chi connectivity index (χ3n) is 2.95. The molecule has 0 saturated heterocycles. The number of aromatic nitrogens is 1. The molecule has 0 spiro atoms. The zero-order valence-corrected chi connectivity index (χ0v) is 11.3. The Bertz CT molecular complexity index is 434. The standard InChI is InChI=1S/C13H20N4O2/c1-3-11(12(14)16-19)13(18)17(4-2)9-10-7-5-6-8-15-10/h5-8,11,19H,3-4,9H2,1-2H3,(H2,14,16). The van der Waals surface area contributed by atoms with Crippen LogP contribution in [0, 0.1) is 5.92 Å².